The Morgan fingerprint density at radius 3 is 2.53 bits per heavy atom. The second kappa shape index (κ2) is 7.54. The van der Waals surface area contributed by atoms with Gasteiger partial charge in [-0.1, -0.05) is 29.8 Å². The van der Waals surface area contributed by atoms with Crippen molar-refractivity contribution in [3.05, 3.63) is 100 Å². The molecule has 0 saturated heterocycles. The fraction of sp³-hybridized carbons (Fsp3) is 0.0870. The highest BCUT2D eigenvalue weighted by Gasteiger charge is 2.30. The molecule has 1 N–H and O–H groups in total. The number of rotatable bonds is 4. The van der Waals surface area contributed by atoms with Crippen LogP contribution in [0, 0.1) is 0 Å². The lowest BCUT2D eigenvalue weighted by Crippen LogP contribution is -2.05. The van der Waals surface area contributed by atoms with Crippen LogP contribution >= 0.6 is 11.6 Å². The molecule has 0 saturated carbocycles. The zero-order chi connectivity index (χ0) is 21.5. The van der Waals surface area contributed by atoms with Crippen LogP contribution in [0.5, 0.6) is 0 Å². The van der Waals surface area contributed by atoms with E-state index in [0.29, 0.717) is 22.7 Å². The maximum absolute atomic E-state index is 13.0. The van der Waals surface area contributed by atoms with Gasteiger partial charge in [0, 0.05) is 22.3 Å². The van der Waals surface area contributed by atoms with Gasteiger partial charge in [-0.3, -0.25) is 0 Å². The molecule has 1 heterocycles. The smallest absolute Gasteiger partial charge is 0.416 e. The summed E-state index contributed by atoms with van der Waals surface area (Å²) in [4.78, 5) is 11.5. The third kappa shape index (κ3) is 3.91. The molecule has 0 atom stereocenters. The first-order chi connectivity index (χ1) is 14.2. The van der Waals surface area contributed by atoms with Crippen molar-refractivity contribution in [2.75, 3.05) is 0 Å². The zero-order valence-electron chi connectivity index (χ0n) is 15.4. The van der Waals surface area contributed by atoms with Gasteiger partial charge in [-0.2, -0.15) is 13.2 Å². The normalized spacial score (nSPS) is 11.7. The predicted octanol–water partition coefficient (Wildman–Crippen LogP) is 6.59. The number of hydrogen-bond acceptors (Lipinski definition) is 1. The molecular weight excluding hydrogens is 415 g/mol. The van der Waals surface area contributed by atoms with Crippen molar-refractivity contribution in [1.29, 1.82) is 0 Å². The van der Waals surface area contributed by atoms with Crippen molar-refractivity contribution in [1.82, 2.24) is 4.57 Å². The van der Waals surface area contributed by atoms with Crippen molar-refractivity contribution in [2.45, 2.75) is 12.6 Å². The van der Waals surface area contributed by atoms with E-state index in [4.69, 9.17) is 11.6 Å². The van der Waals surface area contributed by atoms with Crippen molar-refractivity contribution in [3.8, 4) is 5.69 Å². The largest absolute Gasteiger partial charge is 0.478 e. The first kappa shape index (κ1) is 20.0. The lowest BCUT2D eigenvalue weighted by Gasteiger charge is -2.11. The Labute approximate surface area is 174 Å². The molecule has 4 rings (SSSR count). The number of hydrogen-bond donors (Lipinski definition) is 1. The fourth-order valence-electron chi connectivity index (χ4n) is 3.48. The topological polar surface area (TPSA) is 42.2 Å². The molecule has 3 aromatic carbocycles. The van der Waals surface area contributed by atoms with Crippen LogP contribution in [-0.2, 0) is 12.6 Å². The molecule has 1 aromatic heterocycles. The van der Waals surface area contributed by atoms with Gasteiger partial charge in [-0.15, -0.1) is 0 Å². The van der Waals surface area contributed by atoms with Gasteiger partial charge in [0.25, 0.3) is 0 Å². The predicted molar refractivity (Wildman–Crippen MR) is 109 cm³/mol. The summed E-state index contributed by atoms with van der Waals surface area (Å²) in [6.45, 7) is 0. The average Bonchev–Trinajstić information content (AvgIpc) is 3.12. The SMILES string of the molecule is O=C(O)c1cc(Cl)ccc1Cc1ccc2c(ccn2-c2cccc(C(F)(F)F)c2)c1. The maximum atomic E-state index is 13.0. The third-order valence-corrected chi connectivity index (χ3v) is 5.14. The van der Waals surface area contributed by atoms with E-state index in [2.05, 4.69) is 0 Å². The summed E-state index contributed by atoms with van der Waals surface area (Å²) in [6.07, 6.45) is -2.30. The van der Waals surface area contributed by atoms with Gasteiger partial charge in [0.05, 0.1) is 16.6 Å². The summed E-state index contributed by atoms with van der Waals surface area (Å²) in [5.74, 6) is -1.05. The number of nitrogens with zero attached hydrogens (tertiary/aromatic N) is 1. The molecule has 30 heavy (non-hydrogen) atoms. The summed E-state index contributed by atoms with van der Waals surface area (Å²) >= 11 is 5.91. The molecule has 0 aliphatic heterocycles. The average molecular weight is 430 g/mol. The fourth-order valence-corrected chi connectivity index (χ4v) is 3.65. The highest BCUT2D eigenvalue weighted by atomic mass is 35.5. The molecule has 0 unspecified atom stereocenters. The summed E-state index contributed by atoms with van der Waals surface area (Å²) in [5.41, 5.74) is 2.12. The number of aromatic nitrogens is 1. The number of benzene rings is 3. The molecule has 4 aromatic rings. The molecule has 7 heteroatoms. The molecule has 0 radical (unpaired) electrons. The van der Waals surface area contributed by atoms with E-state index in [1.54, 1.807) is 29.0 Å². The number of halogens is 4. The number of fused-ring (bicyclic) bond motifs is 1. The number of carboxylic acid groups (broad SMARTS) is 1. The summed E-state index contributed by atoms with van der Waals surface area (Å²) in [6, 6.07) is 17.3. The van der Waals surface area contributed by atoms with Crippen molar-refractivity contribution in [2.24, 2.45) is 0 Å². The Bertz CT molecular complexity index is 1260. The van der Waals surface area contributed by atoms with Gasteiger partial charge < -0.3 is 9.67 Å². The Balaban J connectivity index is 1.70. The van der Waals surface area contributed by atoms with E-state index in [9.17, 15) is 23.1 Å². The summed E-state index contributed by atoms with van der Waals surface area (Å²) < 4.78 is 40.8. The van der Waals surface area contributed by atoms with E-state index in [1.165, 1.54) is 12.1 Å². The number of carboxylic acids is 1. The van der Waals surface area contributed by atoms with Gasteiger partial charge in [0.1, 0.15) is 0 Å². The number of carbonyl (C=O) groups is 1. The van der Waals surface area contributed by atoms with E-state index < -0.39 is 17.7 Å². The van der Waals surface area contributed by atoms with Gasteiger partial charge in [0.2, 0.25) is 0 Å². The Hall–Kier alpha value is -3.25. The third-order valence-electron chi connectivity index (χ3n) is 4.90. The molecule has 0 spiro atoms. The second-order valence-electron chi connectivity index (χ2n) is 6.91. The van der Waals surface area contributed by atoms with Crippen molar-refractivity contribution >= 4 is 28.5 Å². The highest BCUT2D eigenvalue weighted by molar-refractivity contribution is 6.31. The number of aromatic carboxylic acids is 1. The summed E-state index contributed by atoms with van der Waals surface area (Å²) in [7, 11) is 0. The van der Waals surface area contributed by atoms with Crippen LogP contribution in [0.1, 0.15) is 27.0 Å². The molecule has 3 nitrogen and oxygen atoms in total. The minimum Gasteiger partial charge on any atom is -0.478 e. The molecule has 0 amide bonds. The van der Waals surface area contributed by atoms with Crippen LogP contribution in [0.25, 0.3) is 16.6 Å². The van der Waals surface area contributed by atoms with Crippen LogP contribution in [0.4, 0.5) is 13.2 Å². The Kier molecular flexibility index (Phi) is 5.03. The minimum absolute atomic E-state index is 0.143. The van der Waals surface area contributed by atoms with E-state index in [1.807, 2.05) is 24.3 Å². The molecular formula is C23H15ClF3NO2. The lowest BCUT2D eigenvalue weighted by molar-refractivity contribution is -0.137. The monoisotopic (exact) mass is 429 g/mol. The van der Waals surface area contributed by atoms with Crippen LogP contribution in [-0.4, -0.2) is 15.6 Å². The first-order valence-electron chi connectivity index (χ1n) is 9.02. The molecule has 0 bridgehead atoms. The van der Waals surface area contributed by atoms with Crippen LogP contribution < -0.4 is 0 Å². The Morgan fingerprint density at radius 2 is 1.80 bits per heavy atom. The number of alkyl halides is 3. The van der Waals surface area contributed by atoms with Crippen molar-refractivity contribution < 1.29 is 23.1 Å². The lowest BCUT2D eigenvalue weighted by atomic mass is 9.99. The molecule has 152 valence electrons. The van der Waals surface area contributed by atoms with Gasteiger partial charge in [-0.05, 0) is 66.1 Å². The van der Waals surface area contributed by atoms with Gasteiger partial charge in [-0.25, -0.2) is 4.79 Å². The quantitative estimate of drug-likeness (QED) is 0.397. The summed E-state index contributed by atoms with van der Waals surface area (Å²) in [5, 5.41) is 10.6. The zero-order valence-corrected chi connectivity index (χ0v) is 16.2. The first-order valence-corrected chi connectivity index (χ1v) is 9.39. The van der Waals surface area contributed by atoms with E-state index in [-0.39, 0.29) is 5.56 Å². The molecule has 0 fully saturated rings. The molecule has 0 aliphatic carbocycles. The van der Waals surface area contributed by atoms with Gasteiger partial charge in [0.15, 0.2) is 0 Å². The highest BCUT2D eigenvalue weighted by Crippen LogP contribution is 2.31. The van der Waals surface area contributed by atoms with Gasteiger partial charge >= 0.3 is 12.1 Å². The van der Waals surface area contributed by atoms with Crippen molar-refractivity contribution in [3.63, 3.8) is 0 Å². The minimum atomic E-state index is -4.41. The maximum Gasteiger partial charge on any atom is 0.416 e. The van der Waals surface area contributed by atoms with E-state index in [0.717, 1.165) is 28.6 Å². The second-order valence-corrected chi connectivity index (χ2v) is 7.35. The van der Waals surface area contributed by atoms with Crippen LogP contribution in [0.15, 0.2) is 72.9 Å². The standard InChI is InChI=1S/C23H15ClF3NO2/c24-18-6-5-15(20(13-18)22(29)30)10-14-4-7-21-16(11-14)8-9-28(21)19-3-1-2-17(12-19)23(25,26)27/h1-9,11-13H,10H2,(H,29,30). The molecule has 0 aliphatic rings. The van der Waals surface area contributed by atoms with Crippen LogP contribution in [0.2, 0.25) is 5.02 Å². The van der Waals surface area contributed by atoms with Crippen LogP contribution in [0.3, 0.4) is 0 Å². The Morgan fingerprint density at radius 1 is 1.00 bits per heavy atom. The van der Waals surface area contributed by atoms with E-state index >= 15 is 0 Å².